The van der Waals surface area contributed by atoms with Gasteiger partial charge in [0.1, 0.15) is 0 Å². The average molecular weight is 306 g/mol. The van der Waals surface area contributed by atoms with Crippen LogP contribution in [-0.4, -0.2) is 17.5 Å². The van der Waals surface area contributed by atoms with Gasteiger partial charge < -0.3 is 5.32 Å². The molecule has 2 unspecified atom stereocenters. The molecule has 1 fully saturated rings. The van der Waals surface area contributed by atoms with Crippen LogP contribution in [0.25, 0.3) is 0 Å². The summed E-state index contributed by atoms with van der Waals surface area (Å²) in [5.41, 5.74) is 0. The molecule has 0 radical (unpaired) electrons. The fraction of sp³-hybridized carbons (Fsp3) is 0.636. The van der Waals surface area contributed by atoms with Gasteiger partial charge in [0.15, 0.2) is 0 Å². The van der Waals surface area contributed by atoms with E-state index in [4.69, 9.17) is 0 Å². The summed E-state index contributed by atoms with van der Waals surface area (Å²) < 4.78 is 1.23. The SMILES string of the molecule is CC(NC1CCCSC1)c1ccc(Br)s1. The lowest BCUT2D eigenvalue weighted by Gasteiger charge is -2.25. The van der Waals surface area contributed by atoms with E-state index in [0.29, 0.717) is 12.1 Å². The summed E-state index contributed by atoms with van der Waals surface area (Å²) in [6, 6.07) is 5.54. The number of rotatable bonds is 3. The number of thioether (sulfide) groups is 1. The third-order valence-corrected chi connectivity index (χ3v) is 5.69. The molecule has 1 aromatic heterocycles. The van der Waals surface area contributed by atoms with Gasteiger partial charge in [-0.3, -0.25) is 0 Å². The first kappa shape index (κ1) is 12.0. The first-order valence-electron chi connectivity index (χ1n) is 5.35. The number of thiophene rings is 1. The van der Waals surface area contributed by atoms with E-state index in [1.165, 1.54) is 33.0 Å². The highest BCUT2D eigenvalue weighted by atomic mass is 79.9. The normalized spacial score (nSPS) is 24.0. The van der Waals surface area contributed by atoms with Crippen molar-refractivity contribution in [3.63, 3.8) is 0 Å². The van der Waals surface area contributed by atoms with Crippen molar-refractivity contribution in [1.29, 1.82) is 0 Å². The van der Waals surface area contributed by atoms with Crippen molar-refractivity contribution in [2.75, 3.05) is 11.5 Å². The summed E-state index contributed by atoms with van der Waals surface area (Å²) in [7, 11) is 0. The van der Waals surface area contributed by atoms with Crippen LogP contribution in [0, 0.1) is 0 Å². The molecule has 84 valence electrons. The Bertz CT molecular complexity index is 307. The van der Waals surface area contributed by atoms with Crippen LogP contribution < -0.4 is 5.32 Å². The van der Waals surface area contributed by atoms with E-state index in [1.54, 1.807) is 0 Å². The molecule has 2 atom stereocenters. The summed E-state index contributed by atoms with van der Waals surface area (Å²) in [6.45, 7) is 2.26. The molecular weight excluding hydrogens is 290 g/mol. The second kappa shape index (κ2) is 5.71. The summed E-state index contributed by atoms with van der Waals surface area (Å²) in [4.78, 5) is 1.43. The maximum atomic E-state index is 3.72. The van der Waals surface area contributed by atoms with Crippen molar-refractivity contribution >= 4 is 39.0 Å². The topological polar surface area (TPSA) is 12.0 Å². The van der Waals surface area contributed by atoms with Crippen molar-refractivity contribution in [1.82, 2.24) is 5.32 Å². The molecule has 1 saturated heterocycles. The van der Waals surface area contributed by atoms with E-state index < -0.39 is 0 Å². The van der Waals surface area contributed by atoms with Crippen LogP contribution in [0.1, 0.15) is 30.7 Å². The van der Waals surface area contributed by atoms with Gasteiger partial charge in [-0.05, 0) is 53.6 Å². The van der Waals surface area contributed by atoms with Gasteiger partial charge in [0.25, 0.3) is 0 Å². The van der Waals surface area contributed by atoms with Gasteiger partial charge in [-0.25, -0.2) is 0 Å². The Morgan fingerprint density at radius 3 is 3.00 bits per heavy atom. The van der Waals surface area contributed by atoms with E-state index in [1.807, 2.05) is 11.3 Å². The highest BCUT2D eigenvalue weighted by molar-refractivity contribution is 9.11. The minimum Gasteiger partial charge on any atom is -0.306 e. The van der Waals surface area contributed by atoms with Gasteiger partial charge in [0.2, 0.25) is 0 Å². The van der Waals surface area contributed by atoms with Crippen molar-refractivity contribution in [2.24, 2.45) is 0 Å². The second-order valence-electron chi connectivity index (χ2n) is 3.94. The zero-order valence-corrected chi connectivity index (χ0v) is 12.1. The fourth-order valence-corrected chi connectivity index (χ4v) is 4.39. The highest BCUT2D eigenvalue weighted by Crippen LogP contribution is 2.28. The lowest BCUT2D eigenvalue weighted by molar-refractivity contribution is 0.456. The van der Waals surface area contributed by atoms with Gasteiger partial charge in [-0.2, -0.15) is 11.8 Å². The van der Waals surface area contributed by atoms with Crippen molar-refractivity contribution in [3.05, 3.63) is 20.8 Å². The molecule has 2 rings (SSSR count). The Balaban J connectivity index is 1.88. The average Bonchev–Trinajstić information content (AvgIpc) is 2.66. The Morgan fingerprint density at radius 1 is 1.53 bits per heavy atom. The van der Waals surface area contributed by atoms with Crippen LogP contribution in [0.3, 0.4) is 0 Å². The van der Waals surface area contributed by atoms with Crippen molar-refractivity contribution in [3.8, 4) is 0 Å². The fourth-order valence-electron chi connectivity index (χ4n) is 1.87. The van der Waals surface area contributed by atoms with E-state index >= 15 is 0 Å². The predicted octanol–water partition coefficient (Wildman–Crippen LogP) is 4.06. The summed E-state index contributed by atoms with van der Waals surface area (Å²) in [5, 5.41) is 3.72. The lowest BCUT2D eigenvalue weighted by Crippen LogP contribution is -2.35. The van der Waals surface area contributed by atoms with E-state index in [-0.39, 0.29) is 0 Å². The lowest BCUT2D eigenvalue weighted by atomic mass is 10.1. The van der Waals surface area contributed by atoms with Crippen LogP contribution >= 0.6 is 39.0 Å². The molecule has 0 spiro atoms. The maximum Gasteiger partial charge on any atom is 0.0701 e. The smallest absolute Gasteiger partial charge is 0.0701 e. The summed E-state index contributed by atoms with van der Waals surface area (Å²) in [6.07, 6.45) is 2.70. The van der Waals surface area contributed by atoms with Crippen molar-refractivity contribution in [2.45, 2.75) is 31.8 Å². The Labute approximate surface area is 108 Å². The Morgan fingerprint density at radius 2 is 2.40 bits per heavy atom. The van der Waals surface area contributed by atoms with Crippen LogP contribution in [-0.2, 0) is 0 Å². The molecule has 1 aromatic rings. The molecule has 0 bridgehead atoms. The maximum absolute atomic E-state index is 3.72. The van der Waals surface area contributed by atoms with Gasteiger partial charge in [-0.15, -0.1) is 11.3 Å². The molecule has 1 nitrogen and oxygen atoms in total. The molecule has 0 aliphatic carbocycles. The van der Waals surface area contributed by atoms with Crippen molar-refractivity contribution < 1.29 is 0 Å². The standard InChI is InChI=1S/C11H16BrNS2/c1-8(10-4-5-11(12)15-10)13-9-3-2-6-14-7-9/h4-5,8-9,13H,2-3,6-7H2,1H3. The zero-order chi connectivity index (χ0) is 10.7. The zero-order valence-electron chi connectivity index (χ0n) is 8.83. The number of halogens is 1. The van der Waals surface area contributed by atoms with Crippen LogP contribution in [0.2, 0.25) is 0 Å². The third kappa shape index (κ3) is 3.48. The largest absolute Gasteiger partial charge is 0.306 e. The number of nitrogens with one attached hydrogen (secondary N) is 1. The third-order valence-electron chi connectivity index (χ3n) is 2.67. The van der Waals surface area contributed by atoms with Gasteiger partial charge in [0.05, 0.1) is 3.79 Å². The molecule has 1 N–H and O–H groups in total. The van der Waals surface area contributed by atoms with Crippen LogP contribution in [0.4, 0.5) is 0 Å². The molecule has 2 heterocycles. The number of hydrogen-bond donors (Lipinski definition) is 1. The minimum atomic E-state index is 0.491. The molecule has 4 heteroatoms. The van der Waals surface area contributed by atoms with Gasteiger partial charge in [-0.1, -0.05) is 0 Å². The summed E-state index contributed by atoms with van der Waals surface area (Å²) >= 11 is 7.42. The Kier molecular flexibility index (Phi) is 4.55. The summed E-state index contributed by atoms with van der Waals surface area (Å²) in [5.74, 6) is 2.62. The molecule has 0 aromatic carbocycles. The number of hydrogen-bond acceptors (Lipinski definition) is 3. The molecule has 1 aliphatic heterocycles. The molecular formula is C11H16BrNS2. The second-order valence-corrected chi connectivity index (χ2v) is 7.59. The molecule has 0 saturated carbocycles. The Hall–Kier alpha value is 0.490. The van der Waals surface area contributed by atoms with Crippen LogP contribution in [0.5, 0.6) is 0 Å². The molecule has 0 amide bonds. The first-order valence-corrected chi connectivity index (χ1v) is 8.11. The minimum absolute atomic E-state index is 0.491. The van der Waals surface area contributed by atoms with Gasteiger partial charge in [0, 0.05) is 22.7 Å². The first-order chi connectivity index (χ1) is 7.25. The quantitative estimate of drug-likeness (QED) is 0.904. The van der Waals surface area contributed by atoms with E-state index in [2.05, 4.69) is 52.1 Å². The molecule has 1 aliphatic rings. The van der Waals surface area contributed by atoms with E-state index in [0.717, 1.165) is 0 Å². The van der Waals surface area contributed by atoms with Gasteiger partial charge >= 0.3 is 0 Å². The predicted molar refractivity (Wildman–Crippen MR) is 73.9 cm³/mol. The van der Waals surface area contributed by atoms with Crippen LogP contribution in [0.15, 0.2) is 15.9 Å². The highest BCUT2D eigenvalue weighted by Gasteiger charge is 2.17. The molecule has 15 heavy (non-hydrogen) atoms. The van der Waals surface area contributed by atoms with E-state index in [9.17, 15) is 0 Å². The monoisotopic (exact) mass is 305 g/mol.